The van der Waals surface area contributed by atoms with Gasteiger partial charge in [0.05, 0.1) is 23.5 Å². The molecule has 8 heteroatoms. The minimum Gasteiger partial charge on any atom is -0.493 e. The molecule has 0 aliphatic heterocycles. The Morgan fingerprint density at radius 3 is 2.56 bits per heavy atom. The van der Waals surface area contributed by atoms with Crippen LogP contribution < -0.4 is 14.9 Å². The van der Waals surface area contributed by atoms with Gasteiger partial charge in [0.2, 0.25) is 5.91 Å². The highest BCUT2D eigenvalue weighted by molar-refractivity contribution is 9.10. The molecule has 0 heterocycles. The highest BCUT2D eigenvalue weighted by Crippen LogP contribution is 2.37. The molecule has 0 unspecified atom stereocenters. The zero-order chi connectivity index (χ0) is 22.9. The number of methoxy groups -OCH3 is 1. The van der Waals surface area contributed by atoms with Crippen LogP contribution in [0.4, 0.5) is 0 Å². The van der Waals surface area contributed by atoms with Crippen molar-refractivity contribution in [1.29, 1.82) is 0 Å². The van der Waals surface area contributed by atoms with Gasteiger partial charge in [-0.25, -0.2) is 5.43 Å². The lowest BCUT2D eigenvalue weighted by molar-refractivity contribution is -0.118. The van der Waals surface area contributed by atoms with Crippen LogP contribution >= 0.6 is 39.3 Å². The SMILES string of the molecule is COc1cc(/C=N\NC(=O)CSc2ccc(C)cc2)cc(Br)c1OCc1ccc(Cl)cc1. The molecule has 0 radical (unpaired) electrons. The van der Waals surface area contributed by atoms with E-state index in [1.165, 1.54) is 17.3 Å². The fourth-order valence-electron chi connectivity index (χ4n) is 2.68. The quantitative estimate of drug-likeness (QED) is 0.201. The third kappa shape index (κ3) is 7.29. The van der Waals surface area contributed by atoms with Crippen molar-refractivity contribution in [1.82, 2.24) is 5.43 Å². The fraction of sp³-hybridized carbons (Fsp3) is 0.167. The molecule has 1 N–H and O–H groups in total. The summed E-state index contributed by atoms with van der Waals surface area (Å²) in [7, 11) is 1.57. The molecule has 32 heavy (non-hydrogen) atoms. The molecule has 0 fully saturated rings. The Balaban J connectivity index is 1.57. The maximum absolute atomic E-state index is 12.1. The Morgan fingerprint density at radius 2 is 1.88 bits per heavy atom. The van der Waals surface area contributed by atoms with Crippen molar-refractivity contribution in [3.8, 4) is 11.5 Å². The van der Waals surface area contributed by atoms with Crippen LogP contribution in [0.1, 0.15) is 16.7 Å². The molecule has 0 aliphatic carbocycles. The summed E-state index contributed by atoms with van der Waals surface area (Å²) in [5.41, 5.74) is 5.47. The number of hydrogen-bond acceptors (Lipinski definition) is 5. The molecule has 0 spiro atoms. The summed E-state index contributed by atoms with van der Waals surface area (Å²) in [5, 5.41) is 4.73. The van der Waals surface area contributed by atoms with E-state index in [-0.39, 0.29) is 11.7 Å². The van der Waals surface area contributed by atoms with E-state index in [0.29, 0.717) is 27.6 Å². The van der Waals surface area contributed by atoms with Gasteiger partial charge in [-0.1, -0.05) is 41.4 Å². The van der Waals surface area contributed by atoms with Crippen LogP contribution in [0.25, 0.3) is 0 Å². The molecule has 3 aromatic carbocycles. The zero-order valence-electron chi connectivity index (χ0n) is 17.6. The second-order valence-corrected chi connectivity index (χ2v) is 9.18. The van der Waals surface area contributed by atoms with Gasteiger partial charge in [0.25, 0.3) is 0 Å². The monoisotopic (exact) mass is 532 g/mol. The van der Waals surface area contributed by atoms with Gasteiger partial charge in [-0.05, 0) is 70.4 Å². The lowest BCUT2D eigenvalue weighted by Gasteiger charge is -2.13. The first kappa shape index (κ1) is 24.2. The average molecular weight is 534 g/mol. The Labute approximate surface area is 205 Å². The van der Waals surface area contributed by atoms with Crippen molar-refractivity contribution < 1.29 is 14.3 Å². The van der Waals surface area contributed by atoms with Gasteiger partial charge in [-0.15, -0.1) is 11.8 Å². The standard InChI is InChI=1S/C24H22BrClN2O3S/c1-16-3-9-20(10-4-16)32-15-23(29)28-27-13-18-11-21(25)24(22(12-18)30-2)31-14-17-5-7-19(26)8-6-17/h3-13H,14-15H2,1-2H3,(H,28,29)/b27-13-. The second kappa shape index (κ2) is 11.9. The summed E-state index contributed by atoms with van der Waals surface area (Å²) in [6.45, 7) is 2.40. The number of carbonyl (C=O) groups is 1. The van der Waals surface area contributed by atoms with Gasteiger partial charge in [0.15, 0.2) is 11.5 Å². The number of aryl methyl sites for hydroxylation is 1. The van der Waals surface area contributed by atoms with Crippen molar-refractivity contribution in [2.45, 2.75) is 18.4 Å². The number of carbonyl (C=O) groups excluding carboxylic acids is 1. The second-order valence-electron chi connectivity index (χ2n) is 6.84. The van der Waals surface area contributed by atoms with Crippen molar-refractivity contribution in [3.05, 3.63) is 86.8 Å². The number of thioether (sulfide) groups is 1. The highest BCUT2D eigenvalue weighted by atomic mass is 79.9. The Kier molecular flexibility index (Phi) is 9.02. The molecule has 3 aromatic rings. The molecule has 5 nitrogen and oxygen atoms in total. The summed E-state index contributed by atoms with van der Waals surface area (Å²) in [6.07, 6.45) is 1.56. The number of nitrogens with one attached hydrogen (secondary N) is 1. The number of halogens is 2. The van der Waals surface area contributed by atoms with E-state index in [1.54, 1.807) is 19.4 Å². The van der Waals surface area contributed by atoms with E-state index in [0.717, 1.165) is 16.0 Å². The van der Waals surface area contributed by atoms with E-state index in [9.17, 15) is 4.79 Å². The van der Waals surface area contributed by atoms with E-state index in [1.807, 2.05) is 61.5 Å². The van der Waals surface area contributed by atoms with Gasteiger partial charge >= 0.3 is 0 Å². The summed E-state index contributed by atoms with van der Waals surface area (Å²) in [6, 6.07) is 19.1. The molecular formula is C24H22BrClN2O3S. The Bertz CT molecular complexity index is 1090. The third-order valence-electron chi connectivity index (χ3n) is 4.34. The fourth-order valence-corrected chi connectivity index (χ4v) is 4.08. The van der Waals surface area contributed by atoms with Gasteiger partial charge in [0.1, 0.15) is 6.61 Å². The number of hydrogen-bond donors (Lipinski definition) is 1. The smallest absolute Gasteiger partial charge is 0.250 e. The van der Waals surface area contributed by atoms with Crippen LogP contribution in [-0.2, 0) is 11.4 Å². The normalized spacial score (nSPS) is 10.9. The molecule has 3 rings (SSSR count). The van der Waals surface area contributed by atoms with E-state index >= 15 is 0 Å². The zero-order valence-corrected chi connectivity index (χ0v) is 20.8. The van der Waals surface area contributed by atoms with E-state index in [4.69, 9.17) is 21.1 Å². The largest absolute Gasteiger partial charge is 0.493 e. The van der Waals surface area contributed by atoms with Crippen LogP contribution in [0.5, 0.6) is 11.5 Å². The molecule has 1 amide bonds. The summed E-state index contributed by atoms with van der Waals surface area (Å²) in [5.74, 6) is 1.24. The minimum atomic E-state index is -0.180. The van der Waals surface area contributed by atoms with Gasteiger partial charge in [0, 0.05) is 9.92 Å². The lowest BCUT2D eigenvalue weighted by Crippen LogP contribution is -2.19. The van der Waals surface area contributed by atoms with Gasteiger partial charge in [-0.2, -0.15) is 5.10 Å². The van der Waals surface area contributed by atoms with Crippen molar-refractivity contribution in [3.63, 3.8) is 0 Å². The maximum atomic E-state index is 12.1. The van der Waals surface area contributed by atoms with E-state index in [2.05, 4.69) is 26.5 Å². The first-order valence-electron chi connectivity index (χ1n) is 9.71. The Hall–Kier alpha value is -2.48. The summed E-state index contributed by atoms with van der Waals surface area (Å²) in [4.78, 5) is 13.1. The first-order valence-corrected chi connectivity index (χ1v) is 11.9. The van der Waals surface area contributed by atoms with Crippen LogP contribution in [-0.4, -0.2) is 25.0 Å². The Morgan fingerprint density at radius 1 is 1.16 bits per heavy atom. The summed E-state index contributed by atoms with van der Waals surface area (Å²) < 4.78 is 12.1. The maximum Gasteiger partial charge on any atom is 0.250 e. The highest BCUT2D eigenvalue weighted by Gasteiger charge is 2.12. The third-order valence-corrected chi connectivity index (χ3v) is 6.20. The molecule has 0 aromatic heterocycles. The van der Waals surface area contributed by atoms with Gasteiger partial charge < -0.3 is 9.47 Å². The van der Waals surface area contributed by atoms with Crippen molar-refractivity contribution in [2.75, 3.05) is 12.9 Å². The average Bonchev–Trinajstić information content (AvgIpc) is 2.79. The predicted octanol–water partition coefficient (Wildman–Crippen LogP) is 6.24. The predicted molar refractivity (Wildman–Crippen MR) is 134 cm³/mol. The molecule has 166 valence electrons. The lowest BCUT2D eigenvalue weighted by atomic mass is 10.2. The molecular weight excluding hydrogens is 512 g/mol. The first-order chi connectivity index (χ1) is 15.4. The topological polar surface area (TPSA) is 59.9 Å². The van der Waals surface area contributed by atoms with E-state index < -0.39 is 0 Å². The number of nitrogens with zero attached hydrogens (tertiary/aromatic N) is 1. The number of rotatable bonds is 9. The molecule has 0 bridgehead atoms. The number of hydrazone groups is 1. The minimum absolute atomic E-state index is 0.180. The number of amides is 1. The van der Waals surface area contributed by atoms with Crippen molar-refractivity contribution >= 4 is 51.4 Å². The van der Waals surface area contributed by atoms with Crippen LogP contribution in [0, 0.1) is 6.92 Å². The van der Waals surface area contributed by atoms with Crippen molar-refractivity contribution in [2.24, 2.45) is 5.10 Å². The molecule has 0 saturated heterocycles. The van der Waals surface area contributed by atoms with Gasteiger partial charge in [-0.3, -0.25) is 4.79 Å². The summed E-state index contributed by atoms with van der Waals surface area (Å²) >= 11 is 10.9. The molecule has 0 atom stereocenters. The number of benzene rings is 3. The van der Waals surface area contributed by atoms with Crippen LogP contribution in [0.2, 0.25) is 5.02 Å². The van der Waals surface area contributed by atoms with Crippen LogP contribution in [0.3, 0.4) is 0 Å². The molecule has 0 aliphatic rings. The van der Waals surface area contributed by atoms with Crippen LogP contribution in [0.15, 0.2) is 75.1 Å². The number of ether oxygens (including phenoxy) is 2. The molecule has 0 saturated carbocycles.